The van der Waals surface area contributed by atoms with Crippen molar-refractivity contribution < 1.29 is 22.7 Å². The van der Waals surface area contributed by atoms with Crippen LogP contribution in [0.1, 0.15) is 52.2 Å². The van der Waals surface area contributed by atoms with Crippen molar-refractivity contribution in [1.29, 1.82) is 0 Å². The normalized spacial score (nSPS) is 15.5. The number of rotatable bonds is 8. The second-order valence-electron chi connectivity index (χ2n) is 9.92. The molecule has 0 saturated heterocycles. The van der Waals surface area contributed by atoms with Crippen LogP contribution in [-0.2, 0) is 14.8 Å². The maximum Gasteiger partial charge on any atom is 0.261 e. The van der Waals surface area contributed by atoms with Gasteiger partial charge in [0.05, 0.1) is 28.3 Å². The number of sulfonamides is 1. The van der Waals surface area contributed by atoms with E-state index in [2.05, 4.69) is 18.6 Å². The molecule has 7 nitrogen and oxygen atoms in total. The molecule has 0 spiro atoms. The molecule has 0 atom stereocenters. The number of aryl methyl sites for hydroxylation is 2. The smallest absolute Gasteiger partial charge is 0.261 e. The summed E-state index contributed by atoms with van der Waals surface area (Å²) >= 11 is 0. The number of amides is 1. The minimum atomic E-state index is -3.84. The fourth-order valence-electron chi connectivity index (χ4n) is 3.97. The molecule has 0 aliphatic carbocycles. The van der Waals surface area contributed by atoms with Gasteiger partial charge in [0, 0.05) is 12.6 Å². The third-order valence-electron chi connectivity index (χ3n) is 5.88. The zero-order chi connectivity index (χ0) is 25.3. The van der Waals surface area contributed by atoms with E-state index in [9.17, 15) is 13.2 Å². The molecule has 0 bridgehead atoms. The van der Waals surface area contributed by atoms with E-state index < -0.39 is 15.4 Å². The Hall–Kier alpha value is -2.74. The standard InChI is InChI=1S/C26H36N2O5S/c1-8-32-24-18(4)13-21(14-19(24)5)34(30,31)27-20-9-10-22-23(15-20)33-16-26(6,7)25(29)28(22)12-11-17(2)3/h9-10,13-15,17,27H,8,11-12,16H2,1-7H3. The predicted octanol–water partition coefficient (Wildman–Crippen LogP) is 5.30. The van der Waals surface area contributed by atoms with Crippen LogP contribution in [0.5, 0.6) is 11.5 Å². The molecule has 34 heavy (non-hydrogen) atoms. The molecule has 1 heterocycles. The molecule has 1 aliphatic heterocycles. The van der Waals surface area contributed by atoms with Gasteiger partial charge in [-0.15, -0.1) is 0 Å². The summed E-state index contributed by atoms with van der Waals surface area (Å²) in [4.78, 5) is 15.1. The molecule has 0 fully saturated rings. The number of fused-ring (bicyclic) bond motifs is 1. The van der Waals surface area contributed by atoms with Crippen LogP contribution in [0.4, 0.5) is 11.4 Å². The summed E-state index contributed by atoms with van der Waals surface area (Å²) in [5.41, 5.74) is 1.86. The van der Waals surface area contributed by atoms with Gasteiger partial charge in [-0.2, -0.15) is 0 Å². The Labute approximate surface area is 203 Å². The first-order chi connectivity index (χ1) is 15.9. The Morgan fingerprint density at radius 1 is 1.15 bits per heavy atom. The van der Waals surface area contributed by atoms with Crippen molar-refractivity contribution in [3.05, 3.63) is 41.5 Å². The van der Waals surface area contributed by atoms with E-state index in [1.54, 1.807) is 35.2 Å². The number of hydrogen-bond acceptors (Lipinski definition) is 5. The highest BCUT2D eigenvalue weighted by molar-refractivity contribution is 7.92. The van der Waals surface area contributed by atoms with Gasteiger partial charge >= 0.3 is 0 Å². The van der Waals surface area contributed by atoms with Crippen molar-refractivity contribution in [2.75, 3.05) is 29.4 Å². The van der Waals surface area contributed by atoms with Gasteiger partial charge in [-0.3, -0.25) is 9.52 Å². The minimum Gasteiger partial charge on any atom is -0.493 e. The van der Waals surface area contributed by atoms with Crippen molar-refractivity contribution in [3.63, 3.8) is 0 Å². The van der Waals surface area contributed by atoms with Crippen molar-refractivity contribution in [2.24, 2.45) is 11.3 Å². The fraction of sp³-hybridized carbons (Fsp3) is 0.500. The van der Waals surface area contributed by atoms with Crippen LogP contribution < -0.4 is 19.1 Å². The van der Waals surface area contributed by atoms with E-state index in [1.165, 1.54) is 0 Å². The van der Waals surface area contributed by atoms with Crippen LogP contribution in [0, 0.1) is 25.2 Å². The number of ether oxygens (including phenoxy) is 2. The van der Waals surface area contributed by atoms with E-state index in [4.69, 9.17) is 9.47 Å². The van der Waals surface area contributed by atoms with Crippen LogP contribution in [-0.4, -0.2) is 34.1 Å². The number of hydrogen-bond donors (Lipinski definition) is 1. The van der Waals surface area contributed by atoms with E-state index in [0.717, 1.165) is 17.5 Å². The second-order valence-corrected chi connectivity index (χ2v) is 11.6. The van der Waals surface area contributed by atoms with Crippen molar-refractivity contribution in [1.82, 2.24) is 0 Å². The Kier molecular flexibility index (Phi) is 7.50. The molecule has 2 aromatic rings. The molecular weight excluding hydrogens is 452 g/mol. The zero-order valence-corrected chi connectivity index (χ0v) is 22.0. The number of carbonyl (C=O) groups excluding carboxylic acids is 1. The topological polar surface area (TPSA) is 84.9 Å². The first kappa shape index (κ1) is 25.9. The lowest BCUT2D eigenvalue weighted by Crippen LogP contribution is -2.42. The summed E-state index contributed by atoms with van der Waals surface area (Å²) in [5.74, 6) is 1.63. The van der Waals surface area contributed by atoms with Crippen LogP contribution in [0.2, 0.25) is 0 Å². The van der Waals surface area contributed by atoms with Crippen molar-refractivity contribution >= 4 is 27.3 Å². The second kappa shape index (κ2) is 9.86. The molecule has 3 rings (SSSR count). The van der Waals surface area contributed by atoms with Crippen molar-refractivity contribution in [2.45, 2.75) is 59.8 Å². The first-order valence-electron chi connectivity index (χ1n) is 11.7. The quantitative estimate of drug-likeness (QED) is 0.545. The molecule has 8 heteroatoms. The van der Waals surface area contributed by atoms with Crippen LogP contribution in [0.3, 0.4) is 0 Å². The van der Waals surface area contributed by atoms with Crippen LogP contribution in [0.25, 0.3) is 0 Å². The van der Waals surface area contributed by atoms with E-state index in [-0.39, 0.29) is 17.4 Å². The number of nitrogens with one attached hydrogen (secondary N) is 1. The van der Waals surface area contributed by atoms with Crippen LogP contribution in [0.15, 0.2) is 35.2 Å². The molecule has 1 aliphatic rings. The largest absolute Gasteiger partial charge is 0.493 e. The average Bonchev–Trinajstić information content (AvgIpc) is 2.83. The lowest BCUT2D eigenvalue weighted by Gasteiger charge is -2.28. The molecule has 186 valence electrons. The highest BCUT2D eigenvalue weighted by Crippen LogP contribution is 2.39. The Morgan fingerprint density at radius 3 is 2.38 bits per heavy atom. The van der Waals surface area contributed by atoms with Gasteiger partial charge in [-0.1, -0.05) is 13.8 Å². The Balaban J connectivity index is 1.93. The minimum absolute atomic E-state index is 0.000527. The molecule has 0 radical (unpaired) electrons. The van der Waals surface area contributed by atoms with Gasteiger partial charge in [0.1, 0.15) is 18.1 Å². The lowest BCUT2D eigenvalue weighted by atomic mass is 9.92. The third kappa shape index (κ3) is 5.49. The highest BCUT2D eigenvalue weighted by atomic mass is 32.2. The maximum atomic E-state index is 13.2. The molecule has 2 aromatic carbocycles. The van der Waals surface area contributed by atoms with Crippen molar-refractivity contribution in [3.8, 4) is 11.5 Å². The summed E-state index contributed by atoms with van der Waals surface area (Å²) in [6, 6.07) is 8.28. The molecule has 0 unspecified atom stereocenters. The van der Waals surface area contributed by atoms with Gasteiger partial charge < -0.3 is 14.4 Å². The molecule has 1 N–H and O–H groups in total. The van der Waals surface area contributed by atoms with E-state index >= 15 is 0 Å². The predicted molar refractivity (Wildman–Crippen MR) is 135 cm³/mol. The molecule has 0 aromatic heterocycles. The average molecular weight is 489 g/mol. The number of anilines is 2. The van der Waals surface area contributed by atoms with E-state index in [0.29, 0.717) is 41.9 Å². The third-order valence-corrected chi connectivity index (χ3v) is 7.24. The molecular formula is C26H36N2O5S. The van der Waals surface area contributed by atoms with Crippen LogP contribution >= 0.6 is 0 Å². The fourth-order valence-corrected chi connectivity index (χ4v) is 5.19. The zero-order valence-electron chi connectivity index (χ0n) is 21.2. The monoisotopic (exact) mass is 488 g/mol. The number of nitrogens with zero attached hydrogens (tertiary/aromatic N) is 1. The summed E-state index contributed by atoms with van der Waals surface area (Å²) in [7, 11) is -3.84. The molecule has 1 amide bonds. The van der Waals surface area contributed by atoms with Gasteiger partial charge in [0.15, 0.2) is 0 Å². The Bertz CT molecular complexity index is 1150. The van der Waals surface area contributed by atoms with Gasteiger partial charge in [0.2, 0.25) is 5.91 Å². The van der Waals surface area contributed by atoms with Gasteiger partial charge in [0.25, 0.3) is 10.0 Å². The highest BCUT2D eigenvalue weighted by Gasteiger charge is 2.37. The SMILES string of the molecule is CCOc1c(C)cc(S(=O)(=O)Nc2ccc3c(c2)OCC(C)(C)C(=O)N3CCC(C)C)cc1C. The van der Waals surface area contributed by atoms with E-state index in [1.807, 2.05) is 34.6 Å². The summed E-state index contributed by atoms with van der Waals surface area (Å²) in [5, 5.41) is 0. The van der Waals surface area contributed by atoms with Gasteiger partial charge in [-0.25, -0.2) is 8.42 Å². The number of benzene rings is 2. The first-order valence-corrected chi connectivity index (χ1v) is 13.2. The lowest BCUT2D eigenvalue weighted by molar-refractivity contribution is -0.127. The maximum absolute atomic E-state index is 13.2. The number of carbonyl (C=O) groups is 1. The summed E-state index contributed by atoms with van der Waals surface area (Å²) in [6.07, 6.45) is 0.853. The van der Waals surface area contributed by atoms with Gasteiger partial charge in [-0.05, 0) is 82.3 Å². The molecule has 0 saturated carbocycles. The summed E-state index contributed by atoms with van der Waals surface area (Å²) < 4.78 is 40.6. The summed E-state index contributed by atoms with van der Waals surface area (Å²) in [6.45, 7) is 14.8. The Morgan fingerprint density at radius 2 is 1.79 bits per heavy atom.